The zero-order chi connectivity index (χ0) is 19.4. The van der Waals surface area contributed by atoms with Gasteiger partial charge in [0, 0.05) is 38.8 Å². The Hall–Kier alpha value is -1.61. The lowest BCUT2D eigenvalue weighted by Crippen LogP contribution is -2.48. The van der Waals surface area contributed by atoms with Gasteiger partial charge in [-0.3, -0.25) is 4.90 Å². The van der Waals surface area contributed by atoms with Gasteiger partial charge in [0.25, 0.3) is 0 Å². The fourth-order valence-corrected chi connectivity index (χ4v) is 5.20. The molecule has 0 bridgehead atoms. The van der Waals surface area contributed by atoms with Gasteiger partial charge in [-0.05, 0) is 27.6 Å². The minimum atomic E-state index is -3.67. The van der Waals surface area contributed by atoms with E-state index >= 15 is 0 Å². The van der Waals surface area contributed by atoms with Crippen LogP contribution >= 0.6 is 15.9 Å². The lowest BCUT2D eigenvalue weighted by atomic mass is 10.2. The molecule has 0 saturated carbocycles. The van der Waals surface area contributed by atoms with Gasteiger partial charge in [0.15, 0.2) is 0 Å². The smallest absolute Gasteiger partial charge is 0.246 e. The highest BCUT2D eigenvalue weighted by molar-refractivity contribution is 9.10. The lowest BCUT2D eigenvalue weighted by molar-refractivity contribution is 0.181. The van der Waals surface area contributed by atoms with Gasteiger partial charge in [-0.2, -0.15) is 4.31 Å². The van der Waals surface area contributed by atoms with Crippen molar-refractivity contribution in [2.24, 2.45) is 0 Å². The van der Waals surface area contributed by atoms with Gasteiger partial charge >= 0.3 is 0 Å². The van der Waals surface area contributed by atoms with Crippen LogP contribution < -0.4 is 9.47 Å². The number of piperazine rings is 1. The summed E-state index contributed by atoms with van der Waals surface area (Å²) in [5.41, 5.74) is 1.23. The molecule has 1 heterocycles. The Morgan fingerprint density at radius 2 is 1.59 bits per heavy atom. The van der Waals surface area contributed by atoms with Gasteiger partial charge in [-0.1, -0.05) is 30.3 Å². The minimum Gasteiger partial charge on any atom is -0.496 e. The second-order valence-corrected chi connectivity index (χ2v) is 9.06. The van der Waals surface area contributed by atoms with E-state index < -0.39 is 10.0 Å². The minimum absolute atomic E-state index is 0.126. The summed E-state index contributed by atoms with van der Waals surface area (Å²) in [7, 11) is -0.701. The van der Waals surface area contributed by atoms with Crippen molar-refractivity contribution in [2.75, 3.05) is 40.4 Å². The monoisotopic (exact) mass is 454 g/mol. The molecule has 2 aromatic rings. The van der Waals surface area contributed by atoms with E-state index in [4.69, 9.17) is 9.47 Å². The number of rotatable bonds is 6. The molecule has 0 N–H and O–H groups in total. The van der Waals surface area contributed by atoms with Crippen LogP contribution in [0.25, 0.3) is 0 Å². The van der Waals surface area contributed by atoms with Crippen LogP contribution in [0.5, 0.6) is 11.5 Å². The maximum atomic E-state index is 13.2. The molecule has 1 aliphatic heterocycles. The molecule has 8 heteroatoms. The van der Waals surface area contributed by atoms with E-state index in [-0.39, 0.29) is 4.90 Å². The number of methoxy groups -OCH3 is 2. The Kier molecular flexibility index (Phi) is 6.41. The van der Waals surface area contributed by atoms with E-state index in [1.54, 1.807) is 6.07 Å². The second-order valence-electron chi connectivity index (χ2n) is 6.30. The molecule has 0 unspecified atom stereocenters. The molecular formula is C19H23BrN2O4S. The summed E-state index contributed by atoms with van der Waals surface area (Å²) in [6.45, 7) is 3.08. The topological polar surface area (TPSA) is 59.1 Å². The zero-order valence-electron chi connectivity index (χ0n) is 15.4. The Labute approximate surface area is 168 Å². The average Bonchev–Trinajstić information content (AvgIpc) is 2.68. The van der Waals surface area contributed by atoms with Crippen molar-refractivity contribution in [3.05, 3.63) is 52.5 Å². The fraction of sp³-hybridized carbons (Fsp3) is 0.368. The summed E-state index contributed by atoms with van der Waals surface area (Å²) in [4.78, 5) is 2.39. The summed E-state index contributed by atoms with van der Waals surface area (Å²) < 4.78 is 39.1. The van der Waals surface area contributed by atoms with Crippen LogP contribution in [0.15, 0.2) is 51.8 Å². The SMILES string of the molecule is COc1cc(S(=O)(=O)N2CCN(Cc3ccccc3)CC2)c(OC)cc1Br. The van der Waals surface area contributed by atoms with Gasteiger partial charge in [-0.25, -0.2) is 8.42 Å². The third-order valence-corrected chi connectivity index (χ3v) is 7.18. The van der Waals surface area contributed by atoms with Crippen LogP contribution in [0.3, 0.4) is 0 Å². The summed E-state index contributed by atoms with van der Waals surface area (Å²) in [6.07, 6.45) is 0. The highest BCUT2D eigenvalue weighted by atomic mass is 79.9. The van der Waals surface area contributed by atoms with Crippen LogP contribution in [0.4, 0.5) is 0 Å². The first-order valence-corrected chi connectivity index (χ1v) is 10.9. The molecule has 146 valence electrons. The Balaban J connectivity index is 1.75. The van der Waals surface area contributed by atoms with Gasteiger partial charge in [0.2, 0.25) is 10.0 Å². The second kappa shape index (κ2) is 8.60. The van der Waals surface area contributed by atoms with Crippen LogP contribution in [-0.2, 0) is 16.6 Å². The molecule has 0 atom stereocenters. The number of hydrogen-bond donors (Lipinski definition) is 0. The molecule has 2 aromatic carbocycles. The average molecular weight is 455 g/mol. The van der Waals surface area contributed by atoms with E-state index in [9.17, 15) is 8.42 Å². The third kappa shape index (κ3) is 4.45. The van der Waals surface area contributed by atoms with Crippen molar-refractivity contribution < 1.29 is 17.9 Å². The fourth-order valence-electron chi connectivity index (χ4n) is 3.14. The first kappa shape index (κ1) is 20.1. The Bertz CT molecular complexity index is 882. The zero-order valence-corrected chi connectivity index (χ0v) is 17.8. The predicted molar refractivity (Wildman–Crippen MR) is 108 cm³/mol. The van der Waals surface area contributed by atoms with Crippen LogP contribution in [0, 0.1) is 0 Å². The van der Waals surface area contributed by atoms with E-state index in [0.29, 0.717) is 42.2 Å². The van der Waals surface area contributed by atoms with Gasteiger partial charge in [-0.15, -0.1) is 0 Å². The maximum absolute atomic E-state index is 13.2. The summed E-state index contributed by atoms with van der Waals surface area (Å²) in [6, 6.07) is 13.3. The summed E-state index contributed by atoms with van der Waals surface area (Å²) in [5, 5.41) is 0. The number of sulfonamides is 1. The standard InChI is InChI=1S/C19H23BrN2O4S/c1-25-17-13-19(18(26-2)12-16(17)20)27(23,24)22-10-8-21(9-11-22)14-15-6-4-3-5-7-15/h3-7,12-13H,8-11,14H2,1-2H3. The lowest BCUT2D eigenvalue weighted by Gasteiger charge is -2.34. The van der Waals surface area contributed by atoms with Crippen molar-refractivity contribution >= 4 is 26.0 Å². The number of halogens is 1. The first-order chi connectivity index (χ1) is 13.0. The predicted octanol–water partition coefficient (Wildman–Crippen LogP) is 2.97. The summed E-state index contributed by atoms with van der Waals surface area (Å²) >= 11 is 3.36. The number of benzene rings is 2. The van der Waals surface area contributed by atoms with E-state index in [2.05, 4.69) is 33.0 Å². The largest absolute Gasteiger partial charge is 0.496 e. The van der Waals surface area contributed by atoms with Gasteiger partial charge in [0.1, 0.15) is 16.4 Å². The first-order valence-electron chi connectivity index (χ1n) is 8.63. The number of hydrogen-bond acceptors (Lipinski definition) is 5. The van der Waals surface area contributed by atoms with Gasteiger partial charge in [0.05, 0.1) is 18.7 Å². The van der Waals surface area contributed by atoms with E-state index in [0.717, 1.165) is 6.54 Å². The molecule has 0 amide bonds. The van der Waals surface area contributed by atoms with Crippen molar-refractivity contribution in [1.29, 1.82) is 0 Å². The van der Waals surface area contributed by atoms with Crippen LogP contribution in [-0.4, -0.2) is 58.0 Å². The van der Waals surface area contributed by atoms with Crippen molar-refractivity contribution in [2.45, 2.75) is 11.4 Å². The molecule has 0 aliphatic carbocycles. The Morgan fingerprint density at radius 3 is 2.19 bits per heavy atom. The normalized spacial score (nSPS) is 16.3. The molecule has 6 nitrogen and oxygen atoms in total. The number of ether oxygens (including phenoxy) is 2. The van der Waals surface area contributed by atoms with Crippen molar-refractivity contribution in [3.63, 3.8) is 0 Å². The molecule has 1 aliphatic rings. The van der Waals surface area contributed by atoms with Gasteiger partial charge < -0.3 is 9.47 Å². The molecule has 0 aromatic heterocycles. The molecule has 1 fully saturated rings. The molecule has 27 heavy (non-hydrogen) atoms. The number of nitrogens with zero attached hydrogens (tertiary/aromatic N) is 2. The third-order valence-electron chi connectivity index (χ3n) is 4.64. The molecular weight excluding hydrogens is 432 g/mol. The molecule has 0 spiro atoms. The van der Waals surface area contributed by atoms with Crippen molar-refractivity contribution in [1.82, 2.24) is 9.21 Å². The van der Waals surface area contributed by atoms with Crippen molar-refractivity contribution in [3.8, 4) is 11.5 Å². The molecule has 3 rings (SSSR count). The highest BCUT2D eigenvalue weighted by Crippen LogP contribution is 2.36. The van der Waals surface area contributed by atoms with Crippen LogP contribution in [0.2, 0.25) is 0 Å². The summed E-state index contributed by atoms with van der Waals surface area (Å²) in [5.74, 6) is 0.756. The van der Waals surface area contributed by atoms with Crippen LogP contribution in [0.1, 0.15) is 5.56 Å². The maximum Gasteiger partial charge on any atom is 0.246 e. The molecule has 0 radical (unpaired) electrons. The van der Waals surface area contributed by atoms with E-state index in [1.165, 1.54) is 30.2 Å². The van der Waals surface area contributed by atoms with E-state index in [1.807, 2.05) is 18.2 Å². The quantitative estimate of drug-likeness (QED) is 0.671. The Morgan fingerprint density at radius 1 is 0.963 bits per heavy atom. The highest BCUT2D eigenvalue weighted by Gasteiger charge is 2.31. The molecule has 1 saturated heterocycles.